The second-order valence-electron chi connectivity index (χ2n) is 6.35. The van der Waals surface area contributed by atoms with Crippen molar-refractivity contribution in [1.29, 1.82) is 0 Å². The molecule has 0 unspecified atom stereocenters. The van der Waals surface area contributed by atoms with Crippen molar-refractivity contribution in [1.82, 2.24) is 14.9 Å². The van der Waals surface area contributed by atoms with Gasteiger partial charge in [-0.05, 0) is 27.2 Å². The summed E-state index contributed by atoms with van der Waals surface area (Å²) in [6.45, 7) is 8.34. The van der Waals surface area contributed by atoms with Gasteiger partial charge in [-0.3, -0.25) is 9.69 Å². The van der Waals surface area contributed by atoms with Crippen LogP contribution >= 0.6 is 11.8 Å². The number of imidazole rings is 1. The maximum Gasteiger partial charge on any atom is 0.410 e. The molecule has 0 fully saturated rings. The number of carbonyl (C=O) groups excluding carboxylic acids is 2. The van der Waals surface area contributed by atoms with E-state index < -0.39 is 5.60 Å². The van der Waals surface area contributed by atoms with Crippen molar-refractivity contribution >= 4 is 23.8 Å². The van der Waals surface area contributed by atoms with Gasteiger partial charge in [0.05, 0.1) is 31.1 Å². The van der Waals surface area contributed by atoms with E-state index in [-0.39, 0.29) is 12.1 Å². The van der Waals surface area contributed by atoms with Crippen LogP contribution in [0.5, 0.6) is 0 Å². The molecular formula is C15H23N3O4S. The number of hydrogen-bond acceptors (Lipinski definition) is 6. The molecular weight excluding hydrogens is 318 g/mol. The standard InChI is InChI=1S/C15H23N3O4S/c1-10(19)21-6-5-7-23-13-16-11-8-18(9-12(11)17-13)14(20)22-15(2,3)4/h5-9H2,1-4H3,(H,16,17). The number of ether oxygens (including phenoxy) is 2. The minimum absolute atomic E-state index is 0.255. The van der Waals surface area contributed by atoms with E-state index in [0.717, 1.165) is 28.7 Å². The Morgan fingerprint density at radius 1 is 1.35 bits per heavy atom. The van der Waals surface area contributed by atoms with E-state index >= 15 is 0 Å². The van der Waals surface area contributed by atoms with Crippen LogP contribution in [0.15, 0.2) is 5.16 Å². The van der Waals surface area contributed by atoms with Gasteiger partial charge >= 0.3 is 12.1 Å². The van der Waals surface area contributed by atoms with Crippen molar-refractivity contribution in [2.24, 2.45) is 0 Å². The number of nitrogens with one attached hydrogen (secondary N) is 1. The number of thioether (sulfide) groups is 1. The Morgan fingerprint density at radius 3 is 2.70 bits per heavy atom. The summed E-state index contributed by atoms with van der Waals surface area (Å²) in [6.07, 6.45) is 0.458. The molecule has 0 radical (unpaired) electrons. The lowest BCUT2D eigenvalue weighted by Crippen LogP contribution is -2.33. The van der Waals surface area contributed by atoms with E-state index in [2.05, 4.69) is 9.97 Å². The van der Waals surface area contributed by atoms with E-state index in [1.165, 1.54) is 6.92 Å². The maximum atomic E-state index is 12.0. The average Bonchev–Trinajstić information content (AvgIpc) is 2.93. The Labute approximate surface area is 140 Å². The summed E-state index contributed by atoms with van der Waals surface area (Å²) in [5, 5.41) is 0.835. The predicted molar refractivity (Wildman–Crippen MR) is 86.0 cm³/mol. The van der Waals surface area contributed by atoms with E-state index in [1.807, 2.05) is 20.8 Å². The molecule has 1 aromatic rings. The molecule has 128 valence electrons. The zero-order chi connectivity index (χ0) is 17.0. The van der Waals surface area contributed by atoms with Gasteiger partial charge in [-0.2, -0.15) is 0 Å². The zero-order valence-corrected chi connectivity index (χ0v) is 14.8. The van der Waals surface area contributed by atoms with Crippen LogP contribution in [0.4, 0.5) is 4.79 Å². The summed E-state index contributed by atoms with van der Waals surface area (Å²) < 4.78 is 10.2. The maximum absolute atomic E-state index is 12.0. The van der Waals surface area contributed by atoms with Gasteiger partial charge in [-0.15, -0.1) is 0 Å². The van der Waals surface area contributed by atoms with Crippen LogP contribution in [-0.4, -0.2) is 44.9 Å². The number of nitrogens with zero attached hydrogens (tertiary/aromatic N) is 2. The van der Waals surface area contributed by atoms with E-state index in [0.29, 0.717) is 19.7 Å². The quantitative estimate of drug-likeness (QED) is 0.503. The van der Waals surface area contributed by atoms with Crippen LogP contribution in [0.25, 0.3) is 0 Å². The van der Waals surface area contributed by atoms with Crippen molar-refractivity contribution in [2.45, 2.75) is 58.0 Å². The Balaban J connectivity index is 1.77. The Kier molecular flexibility index (Phi) is 5.56. The highest BCUT2D eigenvalue weighted by atomic mass is 32.2. The second-order valence-corrected chi connectivity index (χ2v) is 7.43. The molecule has 2 heterocycles. The number of fused-ring (bicyclic) bond motifs is 1. The fourth-order valence-electron chi connectivity index (χ4n) is 2.08. The van der Waals surface area contributed by atoms with Gasteiger partial charge in [-0.1, -0.05) is 11.8 Å². The Morgan fingerprint density at radius 2 is 2.09 bits per heavy atom. The van der Waals surface area contributed by atoms with E-state index in [9.17, 15) is 9.59 Å². The molecule has 8 heteroatoms. The molecule has 0 aromatic carbocycles. The van der Waals surface area contributed by atoms with Gasteiger partial charge in [0, 0.05) is 12.7 Å². The van der Waals surface area contributed by atoms with Crippen LogP contribution in [0.2, 0.25) is 0 Å². The number of H-pyrrole nitrogens is 1. The van der Waals surface area contributed by atoms with Gasteiger partial charge < -0.3 is 14.5 Å². The first-order chi connectivity index (χ1) is 10.7. The van der Waals surface area contributed by atoms with Crippen molar-refractivity contribution in [2.75, 3.05) is 12.4 Å². The molecule has 1 aromatic heterocycles. The van der Waals surface area contributed by atoms with E-state index in [4.69, 9.17) is 9.47 Å². The van der Waals surface area contributed by atoms with E-state index in [1.54, 1.807) is 16.7 Å². The fourth-order valence-corrected chi connectivity index (χ4v) is 2.90. The zero-order valence-electron chi connectivity index (χ0n) is 14.0. The number of carbonyl (C=O) groups is 2. The van der Waals surface area contributed by atoms with Crippen LogP contribution < -0.4 is 0 Å². The molecule has 0 bridgehead atoms. The molecule has 2 rings (SSSR count). The van der Waals surface area contributed by atoms with Crippen molar-refractivity contribution in [3.63, 3.8) is 0 Å². The molecule has 0 spiro atoms. The summed E-state index contributed by atoms with van der Waals surface area (Å²) in [6, 6.07) is 0. The molecule has 1 N–H and O–H groups in total. The third kappa shape index (κ3) is 5.46. The minimum atomic E-state index is -0.496. The molecule has 0 saturated heterocycles. The molecule has 7 nitrogen and oxygen atoms in total. The topological polar surface area (TPSA) is 84.5 Å². The van der Waals surface area contributed by atoms with Crippen molar-refractivity contribution in [3.05, 3.63) is 11.4 Å². The third-order valence-electron chi connectivity index (χ3n) is 3.02. The molecule has 0 atom stereocenters. The highest BCUT2D eigenvalue weighted by Gasteiger charge is 2.30. The number of esters is 1. The fraction of sp³-hybridized carbons (Fsp3) is 0.667. The summed E-state index contributed by atoms with van der Waals surface area (Å²) >= 11 is 1.58. The Bertz CT molecular complexity index is 556. The predicted octanol–water partition coefficient (Wildman–Crippen LogP) is 2.71. The van der Waals surface area contributed by atoms with Crippen LogP contribution in [0.1, 0.15) is 45.5 Å². The first kappa shape index (κ1) is 17.7. The van der Waals surface area contributed by atoms with Crippen LogP contribution in [0, 0.1) is 0 Å². The summed E-state index contributed by atoms with van der Waals surface area (Å²) in [5.74, 6) is 0.560. The lowest BCUT2D eigenvalue weighted by atomic mass is 10.2. The smallest absolute Gasteiger partial charge is 0.410 e. The Hall–Kier alpha value is -1.70. The van der Waals surface area contributed by atoms with Gasteiger partial charge in [0.1, 0.15) is 5.60 Å². The third-order valence-corrected chi connectivity index (χ3v) is 3.98. The van der Waals surface area contributed by atoms with Crippen molar-refractivity contribution < 1.29 is 19.1 Å². The number of aromatic amines is 1. The molecule has 1 amide bonds. The molecule has 1 aliphatic heterocycles. The second kappa shape index (κ2) is 7.25. The van der Waals surface area contributed by atoms with Gasteiger partial charge in [0.25, 0.3) is 0 Å². The van der Waals surface area contributed by atoms with Crippen molar-refractivity contribution in [3.8, 4) is 0 Å². The molecule has 0 aliphatic carbocycles. The first-order valence-electron chi connectivity index (χ1n) is 7.56. The monoisotopic (exact) mass is 341 g/mol. The van der Waals surface area contributed by atoms with Gasteiger partial charge in [0.2, 0.25) is 0 Å². The number of aromatic nitrogens is 2. The number of rotatable bonds is 5. The van der Waals surface area contributed by atoms with Gasteiger partial charge in [-0.25, -0.2) is 9.78 Å². The largest absolute Gasteiger partial charge is 0.466 e. The molecule has 0 saturated carbocycles. The number of hydrogen-bond donors (Lipinski definition) is 1. The molecule has 23 heavy (non-hydrogen) atoms. The highest BCUT2D eigenvalue weighted by Crippen LogP contribution is 2.26. The lowest BCUT2D eigenvalue weighted by Gasteiger charge is -2.24. The average molecular weight is 341 g/mol. The summed E-state index contributed by atoms with van der Waals surface area (Å²) in [5.41, 5.74) is 1.35. The number of amides is 1. The van der Waals surface area contributed by atoms with Gasteiger partial charge in [0.15, 0.2) is 5.16 Å². The molecule has 1 aliphatic rings. The summed E-state index contributed by atoms with van der Waals surface area (Å²) in [7, 11) is 0. The SMILES string of the molecule is CC(=O)OCCCSc1nc2c([nH]1)CN(C(=O)OC(C)(C)C)C2. The highest BCUT2D eigenvalue weighted by molar-refractivity contribution is 7.99. The van der Waals surface area contributed by atoms with Crippen LogP contribution in [0.3, 0.4) is 0 Å². The lowest BCUT2D eigenvalue weighted by molar-refractivity contribution is -0.140. The minimum Gasteiger partial charge on any atom is -0.466 e. The van der Waals surface area contributed by atoms with Crippen LogP contribution in [-0.2, 0) is 27.4 Å². The first-order valence-corrected chi connectivity index (χ1v) is 8.55. The summed E-state index contributed by atoms with van der Waals surface area (Å²) in [4.78, 5) is 32.1. The normalized spacial score (nSPS) is 13.8.